The zero-order valence-corrected chi connectivity index (χ0v) is 12.7. The van der Waals surface area contributed by atoms with E-state index in [1.54, 1.807) is 0 Å². The van der Waals surface area contributed by atoms with E-state index >= 15 is 0 Å². The van der Waals surface area contributed by atoms with Crippen LogP contribution in [-0.2, 0) is 16.0 Å². The Labute approximate surface area is 122 Å². The van der Waals surface area contributed by atoms with Crippen molar-refractivity contribution in [3.63, 3.8) is 0 Å². The molecule has 0 heterocycles. The molecule has 0 spiro atoms. The maximum atomic E-state index is 11.7. The molecule has 0 fully saturated rings. The molecule has 1 rings (SSSR count). The first-order valence-electron chi connectivity index (χ1n) is 7.42. The minimum Gasteiger partial charge on any atom is -0.465 e. The predicted octanol–water partition coefficient (Wildman–Crippen LogP) is 4.54. The molecule has 0 saturated carbocycles. The van der Waals surface area contributed by atoms with Crippen LogP contribution in [0, 0.1) is 5.92 Å². The van der Waals surface area contributed by atoms with Crippen LogP contribution in [0.5, 0.6) is 0 Å². The Balaban J connectivity index is 2.11. The fourth-order valence-corrected chi connectivity index (χ4v) is 2.08. The van der Waals surface area contributed by atoms with Gasteiger partial charge in [0.25, 0.3) is 0 Å². The first kappa shape index (κ1) is 16.5. The third-order valence-electron chi connectivity index (χ3n) is 3.37. The number of hydrogen-bond donors (Lipinski definition) is 0. The molecule has 110 valence electrons. The highest BCUT2D eigenvalue weighted by Crippen LogP contribution is 2.14. The lowest BCUT2D eigenvalue weighted by molar-refractivity contribution is -0.143. The smallest absolute Gasteiger partial charge is 0.310 e. The summed E-state index contributed by atoms with van der Waals surface area (Å²) in [5.41, 5.74) is 2.25. The molecule has 0 radical (unpaired) electrons. The SMILES string of the molecule is C=C(C)CCC[C@H](C)CCOC(=O)Cc1ccccc1. The van der Waals surface area contributed by atoms with Crippen molar-refractivity contribution >= 4 is 5.97 Å². The molecule has 0 N–H and O–H groups in total. The maximum absolute atomic E-state index is 11.7. The second-order valence-electron chi connectivity index (χ2n) is 5.63. The van der Waals surface area contributed by atoms with E-state index in [0.29, 0.717) is 18.9 Å². The van der Waals surface area contributed by atoms with E-state index in [4.69, 9.17) is 4.74 Å². The average molecular weight is 274 g/mol. The summed E-state index contributed by atoms with van der Waals surface area (Å²) in [6.45, 7) is 8.71. The van der Waals surface area contributed by atoms with Crippen molar-refractivity contribution in [3.05, 3.63) is 48.0 Å². The number of allylic oxidation sites excluding steroid dienone is 1. The number of carbonyl (C=O) groups is 1. The molecule has 1 aromatic carbocycles. The molecule has 0 aliphatic rings. The second-order valence-corrected chi connectivity index (χ2v) is 5.63. The maximum Gasteiger partial charge on any atom is 0.310 e. The summed E-state index contributed by atoms with van der Waals surface area (Å²) in [5, 5.41) is 0. The minimum absolute atomic E-state index is 0.134. The summed E-state index contributed by atoms with van der Waals surface area (Å²) in [4.78, 5) is 11.7. The largest absolute Gasteiger partial charge is 0.465 e. The van der Waals surface area contributed by atoms with Gasteiger partial charge in [-0.2, -0.15) is 0 Å². The molecule has 20 heavy (non-hydrogen) atoms. The molecular formula is C18H26O2. The van der Waals surface area contributed by atoms with E-state index in [0.717, 1.165) is 18.4 Å². The van der Waals surface area contributed by atoms with Crippen molar-refractivity contribution in [2.45, 2.75) is 46.0 Å². The second kappa shape index (κ2) is 9.35. The zero-order valence-electron chi connectivity index (χ0n) is 12.7. The molecule has 0 saturated heterocycles. The van der Waals surface area contributed by atoms with Crippen molar-refractivity contribution in [2.75, 3.05) is 6.61 Å². The van der Waals surface area contributed by atoms with Crippen LogP contribution >= 0.6 is 0 Å². The summed E-state index contributed by atoms with van der Waals surface area (Å²) in [6.07, 6.45) is 4.75. The number of hydrogen-bond acceptors (Lipinski definition) is 2. The van der Waals surface area contributed by atoms with Crippen LogP contribution in [0.4, 0.5) is 0 Å². The van der Waals surface area contributed by atoms with E-state index in [-0.39, 0.29) is 5.97 Å². The molecule has 0 bridgehead atoms. The van der Waals surface area contributed by atoms with Crippen LogP contribution in [0.25, 0.3) is 0 Å². The third-order valence-corrected chi connectivity index (χ3v) is 3.37. The molecule has 0 aromatic heterocycles. The van der Waals surface area contributed by atoms with Gasteiger partial charge in [-0.1, -0.05) is 49.2 Å². The van der Waals surface area contributed by atoms with Gasteiger partial charge >= 0.3 is 5.97 Å². The van der Waals surface area contributed by atoms with Gasteiger partial charge in [-0.25, -0.2) is 0 Å². The highest BCUT2D eigenvalue weighted by molar-refractivity contribution is 5.72. The first-order chi connectivity index (χ1) is 9.58. The van der Waals surface area contributed by atoms with Gasteiger partial charge in [0.2, 0.25) is 0 Å². The van der Waals surface area contributed by atoms with Gasteiger partial charge in [-0.3, -0.25) is 4.79 Å². The Hall–Kier alpha value is -1.57. The lowest BCUT2D eigenvalue weighted by atomic mass is 9.99. The van der Waals surface area contributed by atoms with Crippen molar-refractivity contribution in [1.82, 2.24) is 0 Å². The highest BCUT2D eigenvalue weighted by Gasteiger charge is 2.07. The van der Waals surface area contributed by atoms with Crippen molar-refractivity contribution in [1.29, 1.82) is 0 Å². The van der Waals surface area contributed by atoms with Gasteiger partial charge in [0.15, 0.2) is 0 Å². The fraction of sp³-hybridized carbons (Fsp3) is 0.500. The van der Waals surface area contributed by atoms with Gasteiger partial charge in [0.1, 0.15) is 0 Å². The molecule has 0 amide bonds. The first-order valence-corrected chi connectivity index (χ1v) is 7.42. The van der Waals surface area contributed by atoms with E-state index in [2.05, 4.69) is 20.4 Å². The Morgan fingerprint density at radius 1 is 1.25 bits per heavy atom. The van der Waals surface area contributed by atoms with Crippen molar-refractivity contribution < 1.29 is 9.53 Å². The Kier molecular flexibility index (Phi) is 7.71. The standard InChI is InChI=1S/C18H26O2/c1-15(2)8-7-9-16(3)12-13-20-18(19)14-17-10-5-4-6-11-17/h4-6,10-11,16H,1,7-9,12-14H2,2-3H3/t16-/m0/s1. The highest BCUT2D eigenvalue weighted by atomic mass is 16.5. The van der Waals surface area contributed by atoms with E-state index in [1.807, 2.05) is 30.3 Å². The third kappa shape index (κ3) is 7.78. The lowest BCUT2D eigenvalue weighted by Gasteiger charge is -2.11. The van der Waals surface area contributed by atoms with E-state index in [1.165, 1.54) is 18.4 Å². The number of benzene rings is 1. The van der Waals surface area contributed by atoms with Crippen LogP contribution < -0.4 is 0 Å². The molecule has 0 unspecified atom stereocenters. The summed E-state index contributed by atoms with van der Waals surface area (Å²) < 4.78 is 5.29. The van der Waals surface area contributed by atoms with Gasteiger partial charge in [-0.05, 0) is 37.7 Å². The van der Waals surface area contributed by atoms with Gasteiger partial charge in [0.05, 0.1) is 13.0 Å². The van der Waals surface area contributed by atoms with Crippen LogP contribution in [0.1, 0.15) is 45.1 Å². The van der Waals surface area contributed by atoms with Crippen LogP contribution in [0.2, 0.25) is 0 Å². The van der Waals surface area contributed by atoms with E-state index in [9.17, 15) is 4.79 Å². The molecular weight excluding hydrogens is 248 g/mol. The van der Waals surface area contributed by atoms with Crippen LogP contribution in [-0.4, -0.2) is 12.6 Å². The average Bonchev–Trinajstić information content (AvgIpc) is 2.39. The van der Waals surface area contributed by atoms with Gasteiger partial charge in [-0.15, -0.1) is 6.58 Å². The predicted molar refractivity (Wildman–Crippen MR) is 83.6 cm³/mol. The summed E-state index contributed by atoms with van der Waals surface area (Å²) in [6, 6.07) is 9.71. The van der Waals surface area contributed by atoms with Crippen molar-refractivity contribution in [3.8, 4) is 0 Å². The van der Waals surface area contributed by atoms with Crippen LogP contribution in [0.3, 0.4) is 0 Å². The van der Waals surface area contributed by atoms with E-state index < -0.39 is 0 Å². The quantitative estimate of drug-likeness (QED) is 0.488. The van der Waals surface area contributed by atoms with Crippen LogP contribution in [0.15, 0.2) is 42.5 Å². The monoisotopic (exact) mass is 274 g/mol. The topological polar surface area (TPSA) is 26.3 Å². The Morgan fingerprint density at radius 3 is 2.60 bits per heavy atom. The van der Waals surface area contributed by atoms with Crippen molar-refractivity contribution in [2.24, 2.45) is 5.92 Å². The number of ether oxygens (including phenoxy) is 1. The molecule has 1 aromatic rings. The normalized spacial score (nSPS) is 11.9. The summed E-state index contributed by atoms with van der Waals surface area (Å²) in [5.74, 6) is 0.462. The zero-order chi connectivity index (χ0) is 14.8. The summed E-state index contributed by atoms with van der Waals surface area (Å²) in [7, 11) is 0. The Morgan fingerprint density at radius 2 is 1.95 bits per heavy atom. The fourth-order valence-electron chi connectivity index (χ4n) is 2.08. The number of rotatable bonds is 9. The Bertz CT molecular complexity index is 409. The number of esters is 1. The van der Waals surface area contributed by atoms with Gasteiger partial charge in [0, 0.05) is 0 Å². The number of carbonyl (C=O) groups excluding carboxylic acids is 1. The molecule has 1 atom stereocenters. The molecule has 0 aliphatic heterocycles. The minimum atomic E-state index is -0.134. The summed E-state index contributed by atoms with van der Waals surface area (Å²) >= 11 is 0. The lowest BCUT2D eigenvalue weighted by Crippen LogP contribution is -2.11. The molecule has 0 aliphatic carbocycles. The molecule has 2 nitrogen and oxygen atoms in total. The van der Waals surface area contributed by atoms with Gasteiger partial charge < -0.3 is 4.74 Å². The molecule has 2 heteroatoms.